The van der Waals surface area contributed by atoms with Crippen molar-refractivity contribution in [3.05, 3.63) is 0 Å². The van der Waals surface area contributed by atoms with E-state index in [0.717, 1.165) is 32.1 Å². The molecule has 0 aromatic heterocycles. The Hall–Kier alpha value is 0.576. The molecule has 0 aliphatic carbocycles. The topological polar surface area (TPSA) is 74.6 Å². The number of aliphatic carboxylic acids is 2. The molecule has 0 amide bonds. The van der Waals surface area contributed by atoms with Gasteiger partial charge in [-0.15, -0.1) is 0 Å². The molecule has 0 saturated carbocycles. The molecule has 2 N–H and O–H groups in total. The predicted molar refractivity (Wildman–Crippen MR) is 119 cm³/mol. The van der Waals surface area contributed by atoms with Crippen molar-refractivity contribution < 1.29 is 19.8 Å². The number of hydrogen-bond acceptors (Lipinski definition) is 2. The monoisotopic (exact) mass is 424 g/mol. The number of hydrogen-bond donors (Lipinski definition) is 2. The Labute approximate surface area is 216 Å². The van der Waals surface area contributed by atoms with E-state index in [1.165, 1.54) is 70.6 Å². The Balaban J connectivity index is 0. The van der Waals surface area contributed by atoms with Crippen LogP contribution >= 0.6 is 0 Å². The fraction of sp³-hybridized carbons (Fsp3) is 0.913. The number of carbonyl (C=O) groups is 2. The van der Waals surface area contributed by atoms with Crippen LogP contribution in [-0.2, 0) is 9.59 Å². The van der Waals surface area contributed by atoms with Gasteiger partial charge >= 0.3 is 63.3 Å². The van der Waals surface area contributed by atoms with Crippen molar-refractivity contribution in [3.8, 4) is 0 Å². The second kappa shape index (κ2) is 22.3. The summed E-state index contributed by atoms with van der Waals surface area (Å²) < 4.78 is 0. The summed E-state index contributed by atoms with van der Waals surface area (Å²) in [5, 5.41) is 18.3. The molecule has 0 rings (SSSR count). The maximum absolute atomic E-state index is 11.2. The second-order valence-electron chi connectivity index (χ2n) is 8.15. The van der Waals surface area contributed by atoms with Gasteiger partial charge in [-0.3, -0.25) is 9.59 Å². The SMILES string of the molecule is CCCCCCCCCCCCC(CCCCCC)CC(C(=O)O)C(=O)O.[KH]. The van der Waals surface area contributed by atoms with Crippen molar-refractivity contribution in [3.63, 3.8) is 0 Å². The quantitative estimate of drug-likeness (QED) is 0.134. The third-order valence-electron chi connectivity index (χ3n) is 5.60. The fourth-order valence-electron chi connectivity index (χ4n) is 3.80. The molecule has 0 aliphatic rings. The molecular formula is C23H45KO4. The Kier molecular flexibility index (Phi) is 24.5. The van der Waals surface area contributed by atoms with Gasteiger partial charge in [0, 0.05) is 0 Å². The molecule has 0 aromatic rings. The third-order valence-corrected chi connectivity index (χ3v) is 5.60. The Bertz CT molecular complexity index is 360. The maximum atomic E-state index is 11.2. The van der Waals surface area contributed by atoms with Crippen LogP contribution in [0.25, 0.3) is 0 Å². The van der Waals surface area contributed by atoms with Gasteiger partial charge in [0.1, 0.15) is 0 Å². The molecule has 0 spiro atoms. The molecule has 0 heterocycles. The van der Waals surface area contributed by atoms with E-state index in [1.54, 1.807) is 0 Å². The van der Waals surface area contributed by atoms with Crippen molar-refractivity contribution in [2.75, 3.05) is 0 Å². The molecular weight excluding hydrogens is 379 g/mol. The average molecular weight is 425 g/mol. The second-order valence-corrected chi connectivity index (χ2v) is 8.15. The van der Waals surface area contributed by atoms with E-state index in [2.05, 4.69) is 13.8 Å². The van der Waals surface area contributed by atoms with Gasteiger partial charge in [-0.05, 0) is 12.3 Å². The molecule has 28 heavy (non-hydrogen) atoms. The van der Waals surface area contributed by atoms with E-state index >= 15 is 0 Å². The van der Waals surface area contributed by atoms with Crippen LogP contribution in [-0.4, -0.2) is 73.5 Å². The Morgan fingerprint density at radius 2 is 0.929 bits per heavy atom. The van der Waals surface area contributed by atoms with Gasteiger partial charge in [-0.1, -0.05) is 117 Å². The zero-order valence-electron chi connectivity index (χ0n) is 17.9. The van der Waals surface area contributed by atoms with Gasteiger partial charge in [0.15, 0.2) is 5.92 Å². The van der Waals surface area contributed by atoms with Crippen LogP contribution in [0.2, 0.25) is 0 Å². The fourth-order valence-corrected chi connectivity index (χ4v) is 3.80. The summed E-state index contributed by atoms with van der Waals surface area (Å²) in [6, 6.07) is 0. The van der Waals surface area contributed by atoms with Gasteiger partial charge in [-0.2, -0.15) is 0 Å². The predicted octanol–water partition coefficient (Wildman–Crippen LogP) is 6.41. The van der Waals surface area contributed by atoms with Crippen LogP contribution in [0.3, 0.4) is 0 Å². The molecule has 0 radical (unpaired) electrons. The summed E-state index contributed by atoms with van der Waals surface area (Å²) >= 11 is 0. The molecule has 4 nitrogen and oxygen atoms in total. The number of rotatable bonds is 20. The first-order chi connectivity index (χ1) is 13.0. The van der Waals surface area contributed by atoms with Crippen LogP contribution < -0.4 is 0 Å². The molecule has 0 saturated heterocycles. The van der Waals surface area contributed by atoms with E-state index < -0.39 is 17.9 Å². The van der Waals surface area contributed by atoms with Crippen molar-refractivity contribution in [2.45, 2.75) is 123 Å². The average Bonchev–Trinajstić information content (AvgIpc) is 2.63. The van der Waals surface area contributed by atoms with Gasteiger partial charge in [0.25, 0.3) is 0 Å². The summed E-state index contributed by atoms with van der Waals surface area (Å²) in [5.74, 6) is -3.40. The molecule has 0 fully saturated rings. The zero-order valence-corrected chi connectivity index (χ0v) is 17.9. The molecule has 0 bridgehead atoms. The van der Waals surface area contributed by atoms with E-state index in [9.17, 15) is 9.59 Å². The molecule has 1 atom stereocenters. The van der Waals surface area contributed by atoms with Gasteiger partial charge < -0.3 is 10.2 Å². The van der Waals surface area contributed by atoms with Gasteiger partial charge in [0.05, 0.1) is 0 Å². The first kappa shape index (κ1) is 30.8. The molecule has 1 unspecified atom stereocenters. The Morgan fingerprint density at radius 3 is 1.29 bits per heavy atom. The molecule has 0 aromatic carbocycles. The summed E-state index contributed by atoms with van der Waals surface area (Å²) in [7, 11) is 0. The molecule has 5 heteroatoms. The van der Waals surface area contributed by atoms with E-state index in [4.69, 9.17) is 10.2 Å². The zero-order chi connectivity index (χ0) is 20.3. The number of carboxylic acids is 2. The van der Waals surface area contributed by atoms with Crippen molar-refractivity contribution >= 4 is 63.3 Å². The third kappa shape index (κ3) is 18.6. The summed E-state index contributed by atoms with van der Waals surface area (Å²) in [5.41, 5.74) is 0. The summed E-state index contributed by atoms with van der Waals surface area (Å²) in [6.45, 7) is 4.42. The van der Waals surface area contributed by atoms with Crippen molar-refractivity contribution in [1.82, 2.24) is 0 Å². The van der Waals surface area contributed by atoms with Crippen molar-refractivity contribution in [1.29, 1.82) is 0 Å². The Morgan fingerprint density at radius 1 is 0.607 bits per heavy atom. The van der Waals surface area contributed by atoms with E-state index in [-0.39, 0.29) is 63.7 Å². The van der Waals surface area contributed by atoms with Crippen LogP contribution in [0.5, 0.6) is 0 Å². The summed E-state index contributed by atoms with van der Waals surface area (Å²) in [6.07, 6.45) is 19.7. The normalized spacial score (nSPS) is 12.0. The van der Waals surface area contributed by atoms with Crippen LogP contribution in [0.1, 0.15) is 123 Å². The van der Waals surface area contributed by atoms with E-state index in [1.807, 2.05) is 0 Å². The van der Waals surface area contributed by atoms with Gasteiger partial charge in [0.2, 0.25) is 0 Å². The number of unbranched alkanes of at least 4 members (excludes halogenated alkanes) is 12. The molecule has 0 aliphatic heterocycles. The van der Waals surface area contributed by atoms with E-state index in [0.29, 0.717) is 0 Å². The minimum atomic E-state index is -1.25. The van der Waals surface area contributed by atoms with Crippen molar-refractivity contribution in [2.24, 2.45) is 11.8 Å². The van der Waals surface area contributed by atoms with Crippen LogP contribution in [0, 0.1) is 11.8 Å². The summed E-state index contributed by atoms with van der Waals surface area (Å²) in [4.78, 5) is 22.4. The first-order valence-corrected chi connectivity index (χ1v) is 11.5. The standard InChI is InChI=1S/C23H44O4.K.H/c1-3-5-7-9-10-11-12-13-14-16-18-20(17-15-8-6-4-2)19-21(22(24)25)23(26)27;;/h20-21H,3-19H2,1-2H3,(H,24,25)(H,26,27);;. The van der Waals surface area contributed by atoms with Crippen LogP contribution in [0.15, 0.2) is 0 Å². The molecule has 162 valence electrons. The van der Waals surface area contributed by atoms with Gasteiger partial charge in [-0.25, -0.2) is 0 Å². The van der Waals surface area contributed by atoms with Crippen LogP contribution in [0.4, 0.5) is 0 Å². The number of carboxylic acid groups (broad SMARTS) is 2. The minimum absolute atomic E-state index is 0. The first-order valence-electron chi connectivity index (χ1n) is 11.5.